The van der Waals surface area contributed by atoms with E-state index in [1.807, 2.05) is 6.07 Å². The van der Waals surface area contributed by atoms with E-state index in [9.17, 15) is 4.79 Å². The van der Waals surface area contributed by atoms with Gasteiger partial charge in [0, 0.05) is 6.20 Å². The molecule has 0 atom stereocenters. The lowest BCUT2D eigenvalue weighted by Crippen LogP contribution is -2.18. The first-order chi connectivity index (χ1) is 6.74. The van der Waals surface area contributed by atoms with E-state index in [1.54, 1.807) is 25.3 Å². The standard InChI is InChI=1S/C10H10N2O2/c1-7-9(14-2)10(13)12-6-4-3-5-8(12)11-7/h3-6H,1-2H3. The normalized spacial score (nSPS) is 10.4. The molecule has 0 amide bonds. The maximum Gasteiger partial charge on any atom is 0.300 e. The van der Waals surface area contributed by atoms with E-state index in [4.69, 9.17) is 4.74 Å². The summed E-state index contributed by atoms with van der Waals surface area (Å²) in [5.41, 5.74) is 1.08. The minimum Gasteiger partial charge on any atom is -0.490 e. The Bertz CT molecular complexity index is 531. The SMILES string of the molecule is COc1c(C)nc2ccccn2c1=O. The average molecular weight is 190 g/mol. The molecule has 2 heterocycles. The predicted octanol–water partition coefficient (Wildman–Crippen LogP) is 1.01. The van der Waals surface area contributed by atoms with Crippen LogP contribution in [-0.4, -0.2) is 16.5 Å². The minimum atomic E-state index is -0.171. The largest absolute Gasteiger partial charge is 0.490 e. The van der Waals surface area contributed by atoms with Crippen LogP contribution >= 0.6 is 0 Å². The van der Waals surface area contributed by atoms with Gasteiger partial charge in [-0.1, -0.05) is 6.07 Å². The predicted molar refractivity (Wildman–Crippen MR) is 52.8 cm³/mol. The van der Waals surface area contributed by atoms with Crippen LogP contribution in [0.5, 0.6) is 5.75 Å². The van der Waals surface area contributed by atoms with Gasteiger partial charge in [0.25, 0.3) is 0 Å². The van der Waals surface area contributed by atoms with Crippen molar-refractivity contribution in [2.24, 2.45) is 0 Å². The summed E-state index contributed by atoms with van der Waals surface area (Å²) in [7, 11) is 1.47. The summed E-state index contributed by atoms with van der Waals surface area (Å²) in [5.74, 6) is 0.300. The fourth-order valence-corrected chi connectivity index (χ4v) is 1.42. The lowest BCUT2D eigenvalue weighted by molar-refractivity contribution is 0.401. The smallest absolute Gasteiger partial charge is 0.300 e. The molecule has 0 unspecified atom stereocenters. The third-order valence-electron chi connectivity index (χ3n) is 2.07. The van der Waals surface area contributed by atoms with Crippen LogP contribution in [-0.2, 0) is 0 Å². The number of aromatic nitrogens is 2. The van der Waals surface area contributed by atoms with Gasteiger partial charge in [-0.05, 0) is 19.1 Å². The molecule has 0 fully saturated rings. The second-order valence-corrected chi connectivity index (χ2v) is 2.96. The quantitative estimate of drug-likeness (QED) is 0.674. The number of aryl methyl sites for hydroxylation is 1. The van der Waals surface area contributed by atoms with Crippen LogP contribution in [0.3, 0.4) is 0 Å². The molecule has 2 rings (SSSR count). The van der Waals surface area contributed by atoms with Gasteiger partial charge >= 0.3 is 5.56 Å². The van der Waals surface area contributed by atoms with Crippen LogP contribution in [0.1, 0.15) is 5.69 Å². The second kappa shape index (κ2) is 3.14. The minimum absolute atomic E-state index is 0.171. The van der Waals surface area contributed by atoms with Crippen molar-refractivity contribution < 1.29 is 4.74 Å². The van der Waals surface area contributed by atoms with Crippen molar-refractivity contribution in [3.05, 3.63) is 40.4 Å². The fraction of sp³-hybridized carbons (Fsp3) is 0.200. The highest BCUT2D eigenvalue weighted by atomic mass is 16.5. The summed E-state index contributed by atoms with van der Waals surface area (Å²) >= 11 is 0. The first-order valence-electron chi connectivity index (χ1n) is 4.26. The Labute approximate surface area is 80.8 Å². The zero-order valence-corrected chi connectivity index (χ0v) is 8.02. The number of rotatable bonds is 1. The monoisotopic (exact) mass is 190 g/mol. The molecule has 2 aromatic heterocycles. The topological polar surface area (TPSA) is 43.6 Å². The Morgan fingerprint density at radius 3 is 2.93 bits per heavy atom. The first kappa shape index (κ1) is 8.74. The van der Waals surface area contributed by atoms with Gasteiger partial charge in [0.2, 0.25) is 5.75 Å². The summed E-state index contributed by atoms with van der Waals surface area (Å²) in [6.45, 7) is 1.76. The van der Waals surface area contributed by atoms with Gasteiger partial charge in [-0.25, -0.2) is 4.98 Å². The highest BCUT2D eigenvalue weighted by molar-refractivity contribution is 5.42. The van der Waals surface area contributed by atoms with E-state index in [0.717, 1.165) is 0 Å². The van der Waals surface area contributed by atoms with Gasteiger partial charge in [-0.2, -0.15) is 0 Å². The molecule has 0 bridgehead atoms. The van der Waals surface area contributed by atoms with Crippen LogP contribution in [0.4, 0.5) is 0 Å². The van der Waals surface area contributed by atoms with Gasteiger partial charge in [0.05, 0.1) is 12.8 Å². The van der Waals surface area contributed by atoms with Crippen LogP contribution in [0, 0.1) is 6.92 Å². The van der Waals surface area contributed by atoms with Crippen molar-refractivity contribution in [1.29, 1.82) is 0 Å². The molecular weight excluding hydrogens is 180 g/mol. The summed E-state index contributed by atoms with van der Waals surface area (Å²) in [6, 6.07) is 5.41. The Balaban J connectivity index is 2.93. The van der Waals surface area contributed by atoms with Crippen molar-refractivity contribution in [1.82, 2.24) is 9.38 Å². The maximum atomic E-state index is 11.8. The second-order valence-electron chi connectivity index (χ2n) is 2.96. The molecule has 0 aliphatic rings. The number of hydrogen-bond donors (Lipinski definition) is 0. The molecule has 0 N–H and O–H groups in total. The van der Waals surface area contributed by atoms with Crippen molar-refractivity contribution in [3.63, 3.8) is 0 Å². The molecule has 0 aliphatic carbocycles. The summed E-state index contributed by atoms with van der Waals surface area (Å²) in [4.78, 5) is 16.0. The van der Waals surface area contributed by atoms with Gasteiger partial charge in [-0.3, -0.25) is 9.20 Å². The number of nitrogens with zero attached hydrogens (tertiary/aromatic N) is 2. The van der Waals surface area contributed by atoms with Crippen molar-refractivity contribution >= 4 is 5.65 Å². The number of methoxy groups -OCH3 is 1. The van der Waals surface area contributed by atoms with Crippen molar-refractivity contribution in [2.45, 2.75) is 6.92 Å². The summed E-state index contributed by atoms with van der Waals surface area (Å²) in [6.07, 6.45) is 1.67. The zero-order valence-electron chi connectivity index (χ0n) is 8.02. The molecule has 0 aliphatic heterocycles. The third-order valence-corrected chi connectivity index (χ3v) is 2.07. The molecule has 4 nitrogen and oxygen atoms in total. The number of hydrogen-bond acceptors (Lipinski definition) is 3. The van der Waals surface area contributed by atoms with E-state index in [1.165, 1.54) is 11.5 Å². The molecule has 4 heteroatoms. The molecule has 0 saturated heterocycles. The molecule has 0 saturated carbocycles. The van der Waals surface area contributed by atoms with E-state index < -0.39 is 0 Å². The van der Waals surface area contributed by atoms with Gasteiger partial charge in [-0.15, -0.1) is 0 Å². The van der Waals surface area contributed by atoms with Crippen LogP contribution in [0.2, 0.25) is 0 Å². The first-order valence-corrected chi connectivity index (χ1v) is 4.26. The lowest BCUT2D eigenvalue weighted by atomic mass is 10.3. The summed E-state index contributed by atoms with van der Waals surface area (Å²) in [5, 5.41) is 0. The maximum absolute atomic E-state index is 11.8. The average Bonchev–Trinajstić information content (AvgIpc) is 2.18. The Morgan fingerprint density at radius 1 is 1.43 bits per heavy atom. The van der Waals surface area contributed by atoms with Gasteiger partial charge < -0.3 is 4.74 Å². The van der Waals surface area contributed by atoms with Gasteiger partial charge in [0.15, 0.2) is 0 Å². The molecule has 0 spiro atoms. The molecule has 72 valence electrons. The Hall–Kier alpha value is -1.84. The van der Waals surface area contributed by atoms with Crippen LogP contribution in [0.25, 0.3) is 5.65 Å². The van der Waals surface area contributed by atoms with E-state index >= 15 is 0 Å². The third kappa shape index (κ3) is 1.16. The lowest BCUT2D eigenvalue weighted by Gasteiger charge is -2.05. The highest BCUT2D eigenvalue weighted by Gasteiger charge is 2.08. The number of ether oxygens (including phenoxy) is 1. The summed E-state index contributed by atoms with van der Waals surface area (Å²) < 4.78 is 6.45. The van der Waals surface area contributed by atoms with E-state index in [0.29, 0.717) is 17.1 Å². The molecule has 0 radical (unpaired) electrons. The van der Waals surface area contributed by atoms with E-state index in [-0.39, 0.29) is 5.56 Å². The number of pyridine rings is 1. The highest BCUT2D eigenvalue weighted by Crippen LogP contribution is 2.09. The van der Waals surface area contributed by atoms with Gasteiger partial charge in [0.1, 0.15) is 5.65 Å². The van der Waals surface area contributed by atoms with E-state index in [2.05, 4.69) is 4.98 Å². The van der Waals surface area contributed by atoms with Crippen molar-refractivity contribution in [3.8, 4) is 5.75 Å². The van der Waals surface area contributed by atoms with Crippen LogP contribution < -0.4 is 10.3 Å². The zero-order chi connectivity index (χ0) is 10.1. The number of fused-ring (bicyclic) bond motifs is 1. The molecule has 0 aromatic carbocycles. The fourth-order valence-electron chi connectivity index (χ4n) is 1.42. The van der Waals surface area contributed by atoms with Crippen molar-refractivity contribution in [2.75, 3.05) is 7.11 Å². The molecule has 2 aromatic rings. The molecule has 14 heavy (non-hydrogen) atoms. The Kier molecular flexibility index (Phi) is 1.96. The Morgan fingerprint density at radius 2 is 2.21 bits per heavy atom. The molecular formula is C10H10N2O2. The van der Waals surface area contributed by atoms with Crippen LogP contribution in [0.15, 0.2) is 29.2 Å².